The molecule has 2 rings (SSSR count). The molecule has 21 heavy (non-hydrogen) atoms. The Morgan fingerprint density at radius 1 is 1.10 bits per heavy atom. The Morgan fingerprint density at radius 3 is 2.24 bits per heavy atom. The summed E-state index contributed by atoms with van der Waals surface area (Å²) in [5.74, 6) is -4.00. The van der Waals surface area contributed by atoms with E-state index in [1.807, 2.05) is 0 Å². The largest absolute Gasteiger partial charge is 0.351 e. The summed E-state index contributed by atoms with van der Waals surface area (Å²) in [4.78, 5) is 24.8. The quantitative estimate of drug-likeness (QED) is 0.594. The zero-order valence-corrected chi connectivity index (χ0v) is 11.7. The molecule has 0 atom stereocenters. The smallest absolute Gasteiger partial charge is 0.299 e. The van der Waals surface area contributed by atoms with Gasteiger partial charge in [0.15, 0.2) is 17.9 Å². The van der Waals surface area contributed by atoms with E-state index in [1.165, 1.54) is 0 Å². The maximum atomic E-state index is 13.3. The number of ketones is 1. The highest BCUT2D eigenvalue weighted by atomic mass is 19.2. The van der Waals surface area contributed by atoms with Crippen LogP contribution in [0.2, 0.25) is 0 Å². The standard InChI is InChI=1S/C14H15F2NO4/c1-3-20-12(21-4-2)7-17-11-6-10(16)9(15)5-8(11)13(18)14(17)19/h5-6,12H,3-4,7H2,1-2H3. The second-order valence-corrected chi connectivity index (χ2v) is 4.37. The van der Waals surface area contributed by atoms with Crippen LogP contribution in [-0.4, -0.2) is 37.7 Å². The normalized spacial score (nSPS) is 14.2. The van der Waals surface area contributed by atoms with E-state index in [9.17, 15) is 18.4 Å². The summed E-state index contributed by atoms with van der Waals surface area (Å²) in [6.07, 6.45) is -0.740. The zero-order chi connectivity index (χ0) is 15.6. The Balaban J connectivity index is 2.31. The van der Waals surface area contributed by atoms with E-state index in [-0.39, 0.29) is 17.8 Å². The molecule has 0 aliphatic carbocycles. The number of carbonyl (C=O) groups is 2. The van der Waals surface area contributed by atoms with E-state index in [4.69, 9.17) is 9.47 Å². The topological polar surface area (TPSA) is 55.8 Å². The highest BCUT2D eigenvalue weighted by Gasteiger charge is 2.38. The van der Waals surface area contributed by atoms with E-state index in [0.29, 0.717) is 13.2 Å². The number of halogens is 2. The molecule has 0 spiro atoms. The molecule has 1 amide bonds. The van der Waals surface area contributed by atoms with Crippen molar-refractivity contribution in [3.05, 3.63) is 29.3 Å². The maximum absolute atomic E-state index is 13.3. The molecule has 1 aromatic carbocycles. The molecule has 0 saturated carbocycles. The lowest BCUT2D eigenvalue weighted by atomic mass is 10.1. The fourth-order valence-corrected chi connectivity index (χ4v) is 2.14. The fourth-order valence-electron chi connectivity index (χ4n) is 2.14. The van der Waals surface area contributed by atoms with Crippen molar-refractivity contribution < 1.29 is 27.8 Å². The molecule has 0 aromatic heterocycles. The maximum Gasteiger partial charge on any atom is 0.299 e. The Kier molecular flexibility index (Phi) is 4.64. The van der Waals surface area contributed by atoms with Crippen LogP contribution in [0.3, 0.4) is 0 Å². The van der Waals surface area contributed by atoms with Crippen LogP contribution in [0.5, 0.6) is 0 Å². The lowest BCUT2D eigenvalue weighted by molar-refractivity contribution is -0.134. The van der Waals surface area contributed by atoms with Crippen LogP contribution in [0.4, 0.5) is 14.5 Å². The van der Waals surface area contributed by atoms with Gasteiger partial charge < -0.3 is 9.47 Å². The van der Waals surface area contributed by atoms with Crippen LogP contribution in [0.1, 0.15) is 24.2 Å². The van der Waals surface area contributed by atoms with Gasteiger partial charge in [-0.05, 0) is 19.9 Å². The summed E-state index contributed by atoms with van der Waals surface area (Å²) in [5, 5.41) is 0. The van der Waals surface area contributed by atoms with Gasteiger partial charge in [-0.3, -0.25) is 14.5 Å². The van der Waals surface area contributed by atoms with Gasteiger partial charge in [0.1, 0.15) is 0 Å². The Labute approximate surface area is 120 Å². The van der Waals surface area contributed by atoms with Gasteiger partial charge in [0.2, 0.25) is 0 Å². The van der Waals surface area contributed by atoms with Crippen LogP contribution in [0.15, 0.2) is 12.1 Å². The average molecular weight is 299 g/mol. The molecule has 1 aromatic rings. The van der Waals surface area contributed by atoms with Gasteiger partial charge in [-0.25, -0.2) is 8.78 Å². The number of benzene rings is 1. The molecule has 0 fully saturated rings. The van der Waals surface area contributed by atoms with Gasteiger partial charge in [-0.2, -0.15) is 0 Å². The number of hydrogen-bond acceptors (Lipinski definition) is 4. The van der Waals surface area contributed by atoms with Gasteiger partial charge in [-0.15, -0.1) is 0 Å². The molecule has 1 aliphatic rings. The molecule has 0 saturated heterocycles. The minimum Gasteiger partial charge on any atom is -0.351 e. The van der Waals surface area contributed by atoms with Crippen molar-refractivity contribution in [3.8, 4) is 0 Å². The molecule has 7 heteroatoms. The van der Waals surface area contributed by atoms with E-state index < -0.39 is 29.6 Å². The highest BCUT2D eigenvalue weighted by Crippen LogP contribution is 2.31. The molecule has 0 radical (unpaired) electrons. The third kappa shape index (κ3) is 2.93. The van der Waals surface area contributed by atoms with Crippen molar-refractivity contribution in [1.29, 1.82) is 0 Å². The van der Waals surface area contributed by atoms with E-state index in [1.54, 1.807) is 13.8 Å². The number of rotatable bonds is 6. The Morgan fingerprint density at radius 2 is 1.67 bits per heavy atom. The Hall–Kier alpha value is -1.86. The van der Waals surface area contributed by atoms with Crippen LogP contribution in [0.25, 0.3) is 0 Å². The molecule has 114 valence electrons. The summed E-state index contributed by atoms with van der Waals surface area (Å²) in [5.41, 5.74) is -0.112. The summed E-state index contributed by atoms with van der Waals surface area (Å²) in [7, 11) is 0. The van der Waals surface area contributed by atoms with Crippen LogP contribution >= 0.6 is 0 Å². The predicted octanol–water partition coefficient (Wildman–Crippen LogP) is 1.89. The summed E-state index contributed by atoms with van der Waals surface area (Å²) < 4.78 is 37.2. The number of ether oxygens (including phenoxy) is 2. The predicted molar refractivity (Wildman–Crippen MR) is 70.1 cm³/mol. The molecule has 5 nitrogen and oxygen atoms in total. The zero-order valence-electron chi connectivity index (χ0n) is 11.7. The minimum absolute atomic E-state index is 0.0355. The molecule has 1 heterocycles. The number of anilines is 1. The second-order valence-electron chi connectivity index (χ2n) is 4.37. The SMILES string of the molecule is CCOC(CN1C(=O)C(=O)c2cc(F)c(F)cc21)OCC. The van der Waals surface area contributed by atoms with Gasteiger partial charge in [-0.1, -0.05) is 0 Å². The van der Waals surface area contributed by atoms with Crippen molar-refractivity contribution in [3.63, 3.8) is 0 Å². The summed E-state index contributed by atoms with van der Waals surface area (Å²) in [6, 6.07) is 1.57. The van der Waals surface area contributed by atoms with Gasteiger partial charge in [0, 0.05) is 19.3 Å². The number of amides is 1. The van der Waals surface area contributed by atoms with Crippen LogP contribution < -0.4 is 4.90 Å². The van der Waals surface area contributed by atoms with Crippen LogP contribution in [0, 0.1) is 11.6 Å². The number of fused-ring (bicyclic) bond motifs is 1. The van der Waals surface area contributed by atoms with Crippen molar-refractivity contribution in [2.24, 2.45) is 0 Å². The average Bonchev–Trinajstić information content (AvgIpc) is 2.66. The van der Waals surface area contributed by atoms with Gasteiger partial charge in [0.05, 0.1) is 17.8 Å². The third-order valence-corrected chi connectivity index (χ3v) is 3.05. The highest BCUT2D eigenvalue weighted by molar-refractivity contribution is 6.52. The molecule has 0 bridgehead atoms. The first-order valence-electron chi connectivity index (χ1n) is 6.58. The lowest BCUT2D eigenvalue weighted by Crippen LogP contribution is -2.39. The first-order valence-corrected chi connectivity index (χ1v) is 6.58. The monoisotopic (exact) mass is 299 g/mol. The van der Waals surface area contributed by atoms with Crippen molar-refractivity contribution in [2.45, 2.75) is 20.1 Å². The number of carbonyl (C=O) groups excluding carboxylic acids is 2. The van der Waals surface area contributed by atoms with Crippen LogP contribution in [-0.2, 0) is 14.3 Å². The summed E-state index contributed by atoms with van der Waals surface area (Å²) >= 11 is 0. The number of Topliss-reactive ketones (excluding diaryl/α,β-unsaturated/α-hetero) is 1. The second kappa shape index (κ2) is 6.28. The summed E-state index contributed by atoms with van der Waals surface area (Å²) in [6.45, 7) is 4.15. The molecular weight excluding hydrogens is 284 g/mol. The number of nitrogens with zero attached hydrogens (tertiary/aromatic N) is 1. The van der Waals surface area contributed by atoms with E-state index in [0.717, 1.165) is 17.0 Å². The minimum atomic E-state index is -1.16. The van der Waals surface area contributed by atoms with Crippen molar-refractivity contribution >= 4 is 17.4 Å². The number of hydrogen-bond donors (Lipinski definition) is 0. The molecule has 1 aliphatic heterocycles. The lowest BCUT2D eigenvalue weighted by Gasteiger charge is -2.23. The van der Waals surface area contributed by atoms with E-state index in [2.05, 4.69) is 0 Å². The molecule has 0 N–H and O–H groups in total. The van der Waals surface area contributed by atoms with Crippen molar-refractivity contribution in [2.75, 3.05) is 24.7 Å². The first kappa shape index (κ1) is 15.5. The first-order chi connectivity index (χ1) is 9.99. The van der Waals surface area contributed by atoms with Gasteiger partial charge >= 0.3 is 0 Å². The fraction of sp³-hybridized carbons (Fsp3) is 0.429. The van der Waals surface area contributed by atoms with Crippen molar-refractivity contribution in [1.82, 2.24) is 0 Å². The molecule has 0 unspecified atom stereocenters. The van der Waals surface area contributed by atoms with E-state index >= 15 is 0 Å². The van der Waals surface area contributed by atoms with Gasteiger partial charge in [0.25, 0.3) is 11.7 Å². The molecular formula is C14H15F2NO4. The third-order valence-electron chi connectivity index (χ3n) is 3.05. The Bertz CT molecular complexity index is 570.